The fraction of sp³-hybridized carbons (Fsp3) is 0.333. The number of carbonyl (C=O) groups excluding carboxylic acids is 1. The average Bonchev–Trinajstić information content (AvgIpc) is 2.83. The predicted octanol–water partition coefficient (Wildman–Crippen LogP) is 2.46. The highest BCUT2D eigenvalue weighted by Gasteiger charge is 2.44. The number of rotatable bonds is 2. The molecule has 1 aromatic heterocycles. The summed E-state index contributed by atoms with van der Waals surface area (Å²) < 4.78 is 7.77. The first-order chi connectivity index (χ1) is 10.5. The lowest BCUT2D eigenvalue weighted by molar-refractivity contribution is -0.671. The molecule has 3 rings (SSSR count). The molecular formula is C18H21N2O2+. The van der Waals surface area contributed by atoms with Crippen LogP contribution in [0.4, 0.5) is 0 Å². The Bertz CT molecular complexity index is 682. The van der Waals surface area contributed by atoms with Gasteiger partial charge < -0.3 is 9.64 Å². The van der Waals surface area contributed by atoms with Crippen molar-refractivity contribution in [1.82, 2.24) is 4.90 Å². The summed E-state index contributed by atoms with van der Waals surface area (Å²) in [6.45, 7) is 4.40. The number of hydrogen-bond donors (Lipinski definition) is 0. The topological polar surface area (TPSA) is 33.4 Å². The van der Waals surface area contributed by atoms with Gasteiger partial charge in [0.15, 0.2) is 12.4 Å². The highest BCUT2D eigenvalue weighted by Crippen LogP contribution is 2.37. The van der Waals surface area contributed by atoms with Crippen LogP contribution < -0.4 is 4.57 Å². The van der Waals surface area contributed by atoms with Crippen molar-refractivity contribution >= 4 is 5.91 Å². The normalized spacial score (nSPS) is 20.1. The fourth-order valence-corrected chi connectivity index (χ4v) is 2.96. The molecule has 0 N–H and O–H groups in total. The van der Waals surface area contributed by atoms with Crippen LogP contribution in [0.15, 0.2) is 54.9 Å². The molecule has 2 heterocycles. The van der Waals surface area contributed by atoms with E-state index in [9.17, 15) is 4.79 Å². The number of ether oxygens (including phenoxy) is 1. The highest BCUT2D eigenvalue weighted by atomic mass is 16.5. The van der Waals surface area contributed by atoms with Crippen molar-refractivity contribution in [3.8, 4) is 0 Å². The van der Waals surface area contributed by atoms with Gasteiger partial charge in [0.2, 0.25) is 0 Å². The number of carbonyl (C=O) groups is 1. The average molecular weight is 297 g/mol. The second-order valence-corrected chi connectivity index (χ2v) is 6.12. The van der Waals surface area contributed by atoms with Gasteiger partial charge >= 0.3 is 0 Å². The van der Waals surface area contributed by atoms with E-state index >= 15 is 0 Å². The number of aromatic nitrogens is 1. The first kappa shape index (κ1) is 14.7. The third-order valence-electron chi connectivity index (χ3n) is 4.08. The van der Waals surface area contributed by atoms with E-state index in [2.05, 4.69) is 0 Å². The minimum atomic E-state index is -0.619. The molecule has 4 nitrogen and oxygen atoms in total. The molecule has 114 valence electrons. The standard InChI is InChI=1S/C18H21N2O2/c1-18(2)20(17(21)15-10-7-11-19(3)12-15)16(13-22-18)14-8-5-4-6-9-14/h4-12,16H,13H2,1-3H3/q+1/t16-/m1/s1. The molecule has 1 saturated heterocycles. The molecule has 2 aromatic rings. The van der Waals surface area contributed by atoms with Gasteiger partial charge in [0.25, 0.3) is 5.91 Å². The minimum Gasteiger partial charge on any atom is -0.354 e. The minimum absolute atomic E-state index is 0.00690. The molecule has 1 aliphatic rings. The summed E-state index contributed by atoms with van der Waals surface area (Å²) in [5.41, 5.74) is 1.15. The molecule has 0 saturated carbocycles. The van der Waals surface area contributed by atoms with Gasteiger partial charge in [0.1, 0.15) is 18.3 Å². The molecule has 1 amide bonds. The largest absolute Gasteiger partial charge is 0.354 e. The van der Waals surface area contributed by atoms with E-state index in [1.165, 1.54) is 0 Å². The molecule has 0 aliphatic carbocycles. The lowest BCUT2D eigenvalue weighted by Crippen LogP contribution is -2.45. The Morgan fingerprint density at radius 3 is 2.64 bits per heavy atom. The molecule has 1 aliphatic heterocycles. The van der Waals surface area contributed by atoms with Crippen LogP contribution in [-0.2, 0) is 11.8 Å². The zero-order valence-electron chi connectivity index (χ0n) is 13.2. The second kappa shape index (κ2) is 5.54. The maximum atomic E-state index is 13.0. The monoisotopic (exact) mass is 297 g/mol. The molecule has 1 aromatic carbocycles. The Morgan fingerprint density at radius 2 is 1.95 bits per heavy atom. The summed E-state index contributed by atoms with van der Waals surface area (Å²) in [6.07, 6.45) is 3.76. The van der Waals surface area contributed by atoms with Crippen molar-refractivity contribution in [3.63, 3.8) is 0 Å². The molecule has 4 heteroatoms. The summed E-state index contributed by atoms with van der Waals surface area (Å²) in [5.74, 6) is -0.00690. The molecule has 1 fully saturated rings. The van der Waals surface area contributed by atoms with E-state index in [0.717, 1.165) is 5.56 Å². The van der Waals surface area contributed by atoms with Gasteiger partial charge in [-0.2, -0.15) is 0 Å². The Kier molecular flexibility index (Phi) is 3.71. The Labute approximate surface area is 131 Å². The fourth-order valence-electron chi connectivity index (χ4n) is 2.96. The van der Waals surface area contributed by atoms with Gasteiger partial charge in [0, 0.05) is 6.07 Å². The number of aryl methyl sites for hydroxylation is 1. The first-order valence-electron chi connectivity index (χ1n) is 7.47. The Balaban J connectivity index is 1.99. The van der Waals surface area contributed by atoms with E-state index in [1.54, 1.807) is 0 Å². The van der Waals surface area contributed by atoms with Gasteiger partial charge in [-0.1, -0.05) is 30.3 Å². The first-order valence-corrected chi connectivity index (χ1v) is 7.47. The molecular weight excluding hydrogens is 276 g/mol. The summed E-state index contributed by atoms with van der Waals surface area (Å²) in [5, 5.41) is 0. The zero-order chi connectivity index (χ0) is 15.7. The molecule has 1 atom stereocenters. The molecule has 22 heavy (non-hydrogen) atoms. The lowest BCUT2D eigenvalue weighted by Gasteiger charge is -2.33. The van der Waals surface area contributed by atoms with Crippen LogP contribution in [0.3, 0.4) is 0 Å². The van der Waals surface area contributed by atoms with Crippen LogP contribution in [-0.4, -0.2) is 23.1 Å². The van der Waals surface area contributed by atoms with Crippen molar-refractivity contribution in [1.29, 1.82) is 0 Å². The van der Waals surface area contributed by atoms with Gasteiger partial charge in [-0.05, 0) is 25.5 Å². The molecule has 0 unspecified atom stereocenters. The van der Waals surface area contributed by atoms with E-state index in [0.29, 0.717) is 12.2 Å². The molecule has 0 bridgehead atoms. The highest BCUT2D eigenvalue weighted by molar-refractivity contribution is 5.94. The smallest absolute Gasteiger partial charge is 0.262 e. The second-order valence-electron chi connectivity index (χ2n) is 6.12. The van der Waals surface area contributed by atoms with Gasteiger partial charge in [-0.3, -0.25) is 4.79 Å². The maximum Gasteiger partial charge on any atom is 0.262 e. The maximum absolute atomic E-state index is 13.0. The van der Waals surface area contributed by atoms with Crippen LogP contribution in [0.2, 0.25) is 0 Å². The number of benzene rings is 1. The SMILES string of the molecule is C[n+]1cccc(C(=O)N2[C@@H](c3ccccc3)COC2(C)C)c1. The van der Waals surface area contributed by atoms with Crippen LogP contribution >= 0.6 is 0 Å². The van der Waals surface area contributed by atoms with Crippen LogP contribution in [0.25, 0.3) is 0 Å². The van der Waals surface area contributed by atoms with Crippen molar-refractivity contribution in [2.24, 2.45) is 7.05 Å². The van der Waals surface area contributed by atoms with Gasteiger partial charge in [0.05, 0.1) is 12.6 Å². The summed E-state index contributed by atoms with van der Waals surface area (Å²) in [6, 6.07) is 13.7. The zero-order valence-corrected chi connectivity index (χ0v) is 13.2. The summed E-state index contributed by atoms with van der Waals surface area (Å²) in [7, 11) is 1.91. The number of hydrogen-bond acceptors (Lipinski definition) is 2. The van der Waals surface area contributed by atoms with Crippen molar-refractivity contribution in [2.45, 2.75) is 25.6 Å². The van der Waals surface area contributed by atoms with E-state index in [1.807, 2.05) is 85.2 Å². The third-order valence-corrected chi connectivity index (χ3v) is 4.08. The van der Waals surface area contributed by atoms with E-state index < -0.39 is 5.72 Å². The van der Waals surface area contributed by atoms with Gasteiger partial charge in [-0.15, -0.1) is 0 Å². The Morgan fingerprint density at radius 1 is 1.23 bits per heavy atom. The number of amides is 1. The van der Waals surface area contributed by atoms with E-state index in [-0.39, 0.29) is 11.9 Å². The summed E-state index contributed by atoms with van der Waals surface area (Å²) >= 11 is 0. The third kappa shape index (κ3) is 2.62. The van der Waals surface area contributed by atoms with Crippen molar-refractivity contribution in [3.05, 3.63) is 66.0 Å². The molecule has 0 spiro atoms. The van der Waals surface area contributed by atoms with E-state index in [4.69, 9.17) is 4.74 Å². The summed E-state index contributed by atoms with van der Waals surface area (Å²) in [4.78, 5) is 14.9. The number of nitrogens with zero attached hydrogens (tertiary/aromatic N) is 2. The van der Waals surface area contributed by atoms with Crippen molar-refractivity contribution in [2.75, 3.05) is 6.61 Å². The van der Waals surface area contributed by atoms with Crippen LogP contribution in [0.5, 0.6) is 0 Å². The van der Waals surface area contributed by atoms with Crippen molar-refractivity contribution < 1.29 is 14.1 Å². The quantitative estimate of drug-likeness (QED) is 0.798. The lowest BCUT2D eigenvalue weighted by atomic mass is 10.0. The number of pyridine rings is 1. The van der Waals surface area contributed by atoms with Gasteiger partial charge in [-0.25, -0.2) is 4.57 Å². The van der Waals surface area contributed by atoms with Crippen LogP contribution in [0.1, 0.15) is 35.8 Å². The van der Waals surface area contributed by atoms with Crippen LogP contribution in [0, 0.1) is 0 Å². The Hall–Kier alpha value is -2.20. The predicted molar refractivity (Wildman–Crippen MR) is 83.0 cm³/mol. The molecule has 0 radical (unpaired) electrons.